The number of carboxylic acids is 1. The molecule has 49 heavy (non-hydrogen) atoms. The van der Waals surface area contributed by atoms with E-state index < -0.39 is 91.0 Å². The molecule has 8 atom stereocenters. The van der Waals surface area contributed by atoms with Crippen molar-refractivity contribution in [3.8, 4) is 5.75 Å². The number of aromatic hydroxyl groups is 1. The molecule has 0 radical (unpaired) electrons. The van der Waals surface area contributed by atoms with Crippen LogP contribution in [0.5, 0.6) is 5.75 Å². The molecular formula is C34H47N4O11+. The number of carbonyl (C=O) groups excluding carboxylic acids is 3. The Morgan fingerprint density at radius 3 is 2.27 bits per heavy atom. The smallest absolute Gasteiger partial charge is 0.326 e. The minimum absolute atomic E-state index is 0.0182. The molecule has 2 aliphatic heterocycles. The van der Waals surface area contributed by atoms with E-state index >= 15 is 0 Å². The number of phenolic OH excluding ortho intramolecular Hbond substituents is 1. The Balaban J connectivity index is 1.54. The second-order valence-electron chi connectivity index (χ2n) is 13.1. The number of nitrogens with two attached hydrogens (primary N) is 1. The number of aliphatic carboxylic acids is 1. The molecule has 0 spiro atoms. The summed E-state index contributed by atoms with van der Waals surface area (Å²) in [5.41, 5.74) is 1.38. The fraction of sp³-hybridized carbons (Fsp3) is 0.529. The van der Waals surface area contributed by atoms with Crippen molar-refractivity contribution in [2.45, 2.75) is 87.8 Å². The van der Waals surface area contributed by atoms with Gasteiger partial charge in [0.25, 0.3) is 5.91 Å². The maximum absolute atomic E-state index is 14.2. The van der Waals surface area contributed by atoms with Crippen molar-refractivity contribution in [1.29, 1.82) is 0 Å². The van der Waals surface area contributed by atoms with Gasteiger partial charge in [0.05, 0.1) is 6.61 Å². The van der Waals surface area contributed by atoms with Crippen LogP contribution >= 0.6 is 0 Å². The topological polar surface area (TPSA) is 243 Å². The van der Waals surface area contributed by atoms with Crippen LogP contribution < -0.4 is 16.0 Å². The number of amides is 3. The molecule has 268 valence electrons. The van der Waals surface area contributed by atoms with Crippen LogP contribution in [-0.2, 0) is 36.8 Å². The van der Waals surface area contributed by atoms with Gasteiger partial charge < -0.3 is 56.2 Å². The molecule has 4 rings (SSSR count). The maximum Gasteiger partial charge on any atom is 0.326 e. The number of ether oxygens (including phenoxy) is 1. The summed E-state index contributed by atoms with van der Waals surface area (Å²) in [5, 5.41) is 67.5. The summed E-state index contributed by atoms with van der Waals surface area (Å²) >= 11 is 0. The van der Waals surface area contributed by atoms with E-state index in [1.54, 1.807) is 56.3 Å². The molecule has 15 heteroatoms. The average molecular weight is 688 g/mol. The van der Waals surface area contributed by atoms with E-state index in [9.17, 15) is 49.8 Å². The zero-order chi connectivity index (χ0) is 35.9. The lowest BCUT2D eigenvalue weighted by Crippen LogP contribution is -2.97. The number of aliphatic hydroxyl groups excluding tert-OH is 3. The summed E-state index contributed by atoms with van der Waals surface area (Å²) in [6, 6.07) is 10.8. The molecule has 2 fully saturated rings. The van der Waals surface area contributed by atoms with E-state index in [0.717, 1.165) is 5.56 Å². The Bertz CT molecular complexity index is 1440. The molecule has 0 saturated carbocycles. The van der Waals surface area contributed by atoms with Crippen LogP contribution in [0.4, 0.5) is 0 Å². The van der Waals surface area contributed by atoms with Gasteiger partial charge in [-0.2, -0.15) is 0 Å². The Morgan fingerprint density at radius 2 is 1.63 bits per heavy atom. The van der Waals surface area contributed by atoms with E-state index in [0.29, 0.717) is 18.4 Å². The van der Waals surface area contributed by atoms with E-state index in [-0.39, 0.29) is 25.1 Å². The summed E-state index contributed by atoms with van der Waals surface area (Å²) in [5.74, 6) is -5.67. The lowest BCUT2D eigenvalue weighted by Gasteiger charge is -2.40. The number of likely N-dealkylation sites (tertiary alicyclic amines) is 1. The van der Waals surface area contributed by atoms with Crippen molar-refractivity contribution in [1.82, 2.24) is 15.5 Å². The highest BCUT2D eigenvalue weighted by Gasteiger charge is 2.51. The first-order valence-electron chi connectivity index (χ1n) is 16.4. The predicted octanol–water partition coefficient (Wildman–Crippen LogP) is -2.39. The quantitative estimate of drug-likeness (QED) is 0.102. The highest BCUT2D eigenvalue weighted by atomic mass is 16.6. The van der Waals surface area contributed by atoms with Crippen molar-refractivity contribution >= 4 is 23.7 Å². The summed E-state index contributed by atoms with van der Waals surface area (Å²) < 4.78 is 5.28. The Labute approximate surface area is 283 Å². The number of nitrogens with one attached hydrogen (secondary N) is 2. The highest BCUT2D eigenvalue weighted by molar-refractivity contribution is 5.94. The number of hydrogen-bond acceptors (Lipinski definition) is 10. The molecule has 2 aromatic rings. The summed E-state index contributed by atoms with van der Waals surface area (Å²) in [4.78, 5) is 54.6. The Kier molecular flexibility index (Phi) is 12.7. The number of benzene rings is 2. The van der Waals surface area contributed by atoms with Gasteiger partial charge >= 0.3 is 5.97 Å². The van der Waals surface area contributed by atoms with Crippen molar-refractivity contribution in [3.63, 3.8) is 0 Å². The van der Waals surface area contributed by atoms with Gasteiger partial charge in [0.2, 0.25) is 17.6 Å². The Morgan fingerprint density at radius 1 is 0.980 bits per heavy atom. The molecule has 0 bridgehead atoms. The van der Waals surface area contributed by atoms with Gasteiger partial charge in [-0.25, -0.2) is 4.79 Å². The first-order chi connectivity index (χ1) is 23.2. The van der Waals surface area contributed by atoms with Crippen molar-refractivity contribution < 1.29 is 59.9 Å². The van der Waals surface area contributed by atoms with Crippen LogP contribution in [0.1, 0.15) is 37.8 Å². The van der Waals surface area contributed by atoms with Gasteiger partial charge in [-0.15, -0.1) is 0 Å². The monoisotopic (exact) mass is 687 g/mol. The zero-order valence-corrected chi connectivity index (χ0v) is 27.5. The van der Waals surface area contributed by atoms with Gasteiger partial charge in [-0.1, -0.05) is 56.3 Å². The number of aliphatic hydroxyl groups is 4. The zero-order valence-electron chi connectivity index (χ0n) is 27.5. The molecular weight excluding hydrogens is 640 g/mol. The fourth-order valence-electron chi connectivity index (χ4n) is 6.15. The van der Waals surface area contributed by atoms with E-state index in [1.165, 1.54) is 22.3 Å². The van der Waals surface area contributed by atoms with E-state index in [1.807, 2.05) is 0 Å². The molecule has 3 amide bonds. The number of nitrogens with zero attached hydrogens (tertiary/aromatic N) is 1. The first kappa shape index (κ1) is 37.7. The molecule has 2 heterocycles. The number of carbonyl (C=O) groups is 4. The SMILES string of the molecule is CC(C)[C@H](NC(=O)[C@H](Cc1ccccc1)NC(=O)[C@@H]1CCCN1C(=O)[C@H](Cc1ccc(O)cc1)[NH2+]C[C@@]1(O)OC[C@@H](O)[C@@H](O)[C@@H]1O)C(=O)O. The minimum atomic E-state index is -2.30. The average Bonchev–Trinajstić information content (AvgIpc) is 3.57. The normalized spacial score (nSPS) is 25.7. The fourth-order valence-corrected chi connectivity index (χ4v) is 6.15. The van der Waals surface area contributed by atoms with Crippen molar-refractivity contribution in [3.05, 3.63) is 65.7 Å². The standard InChI is InChI=1S/C34H46N4O11/c1-19(2)27(33(46)47)37-30(43)23(15-20-7-4-3-5-8-20)36-31(44)25-9-6-14-38(25)32(45)24(16-21-10-12-22(39)13-11-21)35-18-34(48)29(42)28(41)26(40)17-49-34/h3-5,7-8,10-13,19,23-29,35,39-42,48H,6,9,14-18H2,1-2H3,(H,36,44)(H,37,43)(H,46,47)/p+1/t23-,24-,25-,26+,27-,28+,29-,34+/m0/s1. The van der Waals surface area contributed by atoms with Crippen LogP contribution in [0, 0.1) is 5.92 Å². The van der Waals surface area contributed by atoms with Crippen LogP contribution in [0.25, 0.3) is 0 Å². The van der Waals surface area contributed by atoms with Gasteiger partial charge in [-0.3, -0.25) is 14.4 Å². The molecule has 15 nitrogen and oxygen atoms in total. The maximum atomic E-state index is 14.2. The first-order valence-corrected chi connectivity index (χ1v) is 16.4. The van der Waals surface area contributed by atoms with Crippen molar-refractivity contribution in [2.75, 3.05) is 19.7 Å². The third kappa shape index (κ3) is 9.53. The molecule has 0 unspecified atom stereocenters. The van der Waals surface area contributed by atoms with Gasteiger partial charge in [0, 0.05) is 19.4 Å². The molecule has 2 saturated heterocycles. The predicted molar refractivity (Wildman–Crippen MR) is 173 cm³/mol. The second-order valence-corrected chi connectivity index (χ2v) is 13.1. The molecule has 2 aliphatic rings. The second kappa shape index (κ2) is 16.5. The number of rotatable bonds is 14. The van der Waals surface area contributed by atoms with Crippen LogP contribution in [-0.4, -0.2) is 127 Å². The van der Waals surface area contributed by atoms with Crippen LogP contribution in [0.15, 0.2) is 54.6 Å². The third-order valence-electron chi connectivity index (χ3n) is 9.07. The molecule has 0 aliphatic carbocycles. The number of carboxylic acid groups (broad SMARTS) is 1. The van der Waals surface area contributed by atoms with Gasteiger partial charge in [-0.05, 0) is 42.0 Å². The minimum Gasteiger partial charge on any atom is -0.508 e. The molecule has 2 aromatic carbocycles. The van der Waals surface area contributed by atoms with Crippen molar-refractivity contribution in [2.24, 2.45) is 5.92 Å². The Hall–Kier alpha value is -4.12. The largest absolute Gasteiger partial charge is 0.508 e. The van der Waals surface area contributed by atoms with Gasteiger partial charge in [0.15, 0.2) is 6.04 Å². The van der Waals surface area contributed by atoms with E-state index in [2.05, 4.69) is 10.6 Å². The molecule has 0 aromatic heterocycles. The third-order valence-corrected chi connectivity index (χ3v) is 9.07. The van der Waals surface area contributed by atoms with E-state index in [4.69, 9.17) is 4.74 Å². The molecule has 10 N–H and O–H groups in total. The van der Waals surface area contributed by atoms with Gasteiger partial charge in [0.1, 0.15) is 48.7 Å². The summed E-state index contributed by atoms with van der Waals surface area (Å²) in [6.07, 6.45) is -4.03. The van der Waals surface area contributed by atoms with Crippen LogP contribution in [0.2, 0.25) is 0 Å². The van der Waals surface area contributed by atoms with Crippen LogP contribution in [0.3, 0.4) is 0 Å². The number of quaternary nitrogens is 1. The number of hydrogen-bond donors (Lipinski definition) is 9. The lowest BCUT2D eigenvalue weighted by molar-refractivity contribution is -0.700. The highest BCUT2D eigenvalue weighted by Crippen LogP contribution is 2.24. The summed E-state index contributed by atoms with van der Waals surface area (Å²) in [6.45, 7) is 2.67. The lowest BCUT2D eigenvalue weighted by atomic mass is 9.96. The number of phenols is 1. The summed E-state index contributed by atoms with van der Waals surface area (Å²) in [7, 11) is 0.